The van der Waals surface area contributed by atoms with Gasteiger partial charge in [0.05, 0.1) is 12.2 Å². The predicted molar refractivity (Wildman–Crippen MR) is 118 cm³/mol. The number of benzene rings is 1. The van der Waals surface area contributed by atoms with E-state index in [9.17, 15) is 9.59 Å². The number of hydrogen-bond acceptors (Lipinski definition) is 5. The molecule has 2 aliphatic heterocycles. The molecule has 1 amide bonds. The summed E-state index contributed by atoms with van der Waals surface area (Å²) >= 11 is 0. The second kappa shape index (κ2) is 9.69. The lowest BCUT2D eigenvalue weighted by molar-refractivity contribution is -0.120. The van der Waals surface area contributed by atoms with E-state index < -0.39 is 0 Å². The molecule has 0 aliphatic carbocycles. The number of amides is 1. The Bertz CT molecular complexity index is 932. The average molecular weight is 422 g/mol. The predicted octanol–water partition coefficient (Wildman–Crippen LogP) is 4.14. The van der Waals surface area contributed by atoms with Crippen LogP contribution in [0.3, 0.4) is 0 Å². The van der Waals surface area contributed by atoms with Gasteiger partial charge in [-0.1, -0.05) is 29.8 Å². The topological polar surface area (TPSA) is 72.4 Å². The molecule has 0 N–H and O–H groups in total. The molecule has 0 radical (unpaired) electrons. The van der Waals surface area contributed by atoms with Gasteiger partial charge in [0.1, 0.15) is 17.8 Å². The highest BCUT2D eigenvalue weighted by Crippen LogP contribution is 2.33. The number of nitrogens with zero attached hydrogens (tertiary/aromatic N) is 3. The van der Waals surface area contributed by atoms with Gasteiger partial charge in [0.2, 0.25) is 0 Å². The van der Waals surface area contributed by atoms with Crippen LogP contribution in [-0.2, 0) is 16.0 Å². The Labute approximate surface area is 184 Å². The highest BCUT2D eigenvalue weighted by atomic mass is 16.5. The number of hydrogen-bond donors (Lipinski definition) is 0. The second-order valence-electron chi connectivity index (χ2n) is 8.75. The fourth-order valence-corrected chi connectivity index (χ4v) is 4.50. The molecule has 2 fully saturated rings. The van der Waals surface area contributed by atoms with E-state index in [1.54, 1.807) is 4.90 Å². The van der Waals surface area contributed by atoms with Gasteiger partial charge in [-0.15, -0.1) is 0 Å². The van der Waals surface area contributed by atoms with Crippen LogP contribution in [0.5, 0.6) is 0 Å². The number of piperidine rings is 1. The molecule has 2 atom stereocenters. The summed E-state index contributed by atoms with van der Waals surface area (Å²) in [6.07, 6.45) is 7.62. The van der Waals surface area contributed by atoms with Gasteiger partial charge in [0, 0.05) is 37.2 Å². The Hall–Kier alpha value is -2.60. The molecule has 6 nitrogen and oxygen atoms in total. The molecule has 1 aromatic heterocycles. The molecule has 1 unspecified atom stereocenters. The van der Waals surface area contributed by atoms with Crippen molar-refractivity contribution in [1.82, 2.24) is 14.9 Å². The number of likely N-dealkylation sites (tertiary alicyclic amines) is 1. The van der Waals surface area contributed by atoms with Gasteiger partial charge >= 0.3 is 0 Å². The molecule has 0 bridgehead atoms. The SMILES string of the molecule is Cc1ccc([C@@H]2CCCC(CCc3ncnc(C(=O)N4CCC(=O)CC4)c3C)O2)cc1. The lowest BCUT2D eigenvalue weighted by Crippen LogP contribution is -2.39. The molecule has 6 heteroatoms. The summed E-state index contributed by atoms with van der Waals surface area (Å²) in [5, 5.41) is 0. The highest BCUT2D eigenvalue weighted by Gasteiger charge is 2.26. The zero-order valence-electron chi connectivity index (χ0n) is 18.5. The number of rotatable bonds is 5. The second-order valence-corrected chi connectivity index (χ2v) is 8.75. The zero-order valence-corrected chi connectivity index (χ0v) is 18.5. The number of aryl methyl sites for hydroxylation is 2. The van der Waals surface area contributed by atoms with Crippen LogP contribution < -0.4 is 0 Å². The maximum absolute atomic E-state index is 12.9. The quantitative estimate of drug-likeness (QED) is 0.725. The first-order valence-corrected chi connectivity index (χ1v) is 11.3. The van der Waals surface area contributed by atoms with Gasteiger partial charge in [-0.25, -0.2) is 9.97 Å². The van der Waals surface area contributed by atoms with E-state index >= 15 is 0 Å². The standard InChI is InChI=1S/C25H31N3O3/c1-17-6-8-19(9-7-17)23-5-3-4-21(31-23)10-11-22-18(2)24(27-16-26-22)25(30)28-14-12-20(29)13-15-28/h6-9,16,21,23H,3-5,10-15H2,1-2H3/t21?,23-/m0/s1. The summed E-state index contributed by atoms with van der Waals surface area (Å²) in [7, 11) is 0. The fourth-order valence-electron chi connectivity index (χ4n) is 4.50. The van der Waals surface area contributed by atoms with Crippen molar-refractivity contribution in [1.29, 1.82) is 0 Å². The van der Waals surface area contributed by atoms with Crippen molar-refractivity contribution in [2.24, 2.45) is 0 Å². The number of Topliss-reactive ketones (excluding diaryl/α,β-unsaturated/α-hetero) is 1. The molecule has 3 heterocycles. The minimum atomic E-state index is -0.0954. The summed E-state index contributed by atoms with van der Waals surface area (Å²) in [6.45, 7) is 4.98. The molecular formula is C25H31N3O3. The summed E-state index contributed by atoms with van der Waals surface area (Å²) in [5.41, 5.74) is 4.72. The van der Waals surface area contributed by atoms with Crippen molar-refractivity contribution in [2.45, 2.75) is 71.0 Å². The lowest BCUT2D eigenvalue weighted by Gasteiger charge is -2.30. The van der Waals surface area contributed by atoms with Crippen LogP contribution in [-0.4, -0.2) is 45.8 Å². The summed E-state index contributed by atoms with van der Waals surface area (Å²) in [6, 6.07) is 8.62. The highest BCUT2D eigenvalue weighted by molar-refractivity contribution is 5.95. The van der Waals surface area contributed by atoms with Gasteiger partial charge in [0.25, 0.3) is 5.91 Å². The Kier molecular flexibility index (Phi) is 6.76. The van der Waals surface area contributed by atoms with Crippen LogP contribution in [0.15, 0.2) is 30.6 Å². The Morgan fingerprint density at radius 1 is 1.10 bits per heavy atom. The van der Waals surface area contributed by atoms with E-state index in [1.165, 1.54) is 17.5 Å². The molecule has 4 rings (SSSR count). The van der Waals surface area contributed by atoms with Gasteiger partial charge in [0.15, 0.2) is 0 Å². The molecule has 0 saturated carbocycles. The van der Waals surface area contributed by atoms with Crippen LogP contribution >= 0.6 is 0 Å². The van der Waals surface area contributed by atoms with E-state index in [0.717, 1.165) is 43.4 Å². The number of carbonyl (C=O) groups is 2. The normalized spacial score (nSPS) is 21.9. The van der Waals surface area contributed by atoms with Crippen molar-refractivity contribution in [3.8, 4) is 0 Å². The first-order chi connectivity index (χ1) is 15.0. The Balaban J connectivity index is 1.38. The molecule has 164 valence electrons. The van der Waals surface area contributed by atoms with E-state index in [1.807, 2.05) is 6.92 Å². The van der Waals surface area contributed by atoms with Gasteiger partial charge in [-0.3, -0.25) is 9.59 Å². The van der Waals surface area contributed by atoms with Crippen molar-refractivity contribution in [3.63, 3.8) is 0 Å². The fraction of sp³-hybridized carbons (Fsp3) is 0.520. The van der Waals surface area contributed by atoms with Crippen molar-refractivity contribution in [3.05, 3.63) is 58.7 Å². The minimum absolute atomic E-state index is 0.0954. The largest absolute Gasteiger partial charge is 0.370 e. The maximum atomic E-state index is 12.9. The number of ether oxygens (including phenoxy) is 1. The molecule has 2 saturated heterocycles. The van der Waals surface area contributed by atoms with E-state index in [2.05, 4.69) is 41.2 Å². The van der Waals surface area contributed by atoms with Crippen LogP contribution in [0.2, 0.25) is 0 Å². The van der Waals surface area contributed by atoms with Gasteiger partial charge in [-0.2, -0.15) is 0 Å². The van der Waals surface area contributed by atoms with Crippen molar-refractivity contribution in [2.75, 3.05) is 13.1 Å². The van der Waals surface area contributed by atoms with Crippen LogP contribution in [0.4, 0.5) is 0 Å². The Morgan fingerprint density at radius 3 is 2.58 bits per heavy atom. The molecular weight excluding hydrogens is 390 g/mol. The van der Waals surface area contributed by atoms with Crippen LogP contribution in [0.25, 0.3) is 0 Å². The number of carbonyl (C=O) groups excluding carboxylic acids is 2. The van der Waals surface area contributed by atoms with Crippen LogP contribution in [0, 0.1) is 13.8 Å². The molecule has 1 aromatic carbocycles. The lowest BCUT2D eigenvalue weighted by atomic mass is 9.95. The smallest absolute Gasteiger partial charge is 0.272 e. The third-order valence-corrected chi connectivity index (χ3v) is 6.50. The van der Waals surface area contributed by atoms with Crippen molar-refractivity contribution >= 4 is 11.7 Å². The van der Waals surface area contributed by atoms with Gasteiger partial charge < -0.3 is 9.64 Å². The third-order valence-electron chi connectivity index (χ3n) is 6.50. The first kappa shape index (κ1) is 21.6. The minimum Gasteiger partial charge on any atom is -0.370 e. The summed E-state index contributed by atoms with van der Waals surface area (Å²) in [5.74, 6) is 0.127. The maximum Gasteiger partial charge on any atom is 0.272 e. The average Bonchev–Trinajstić information content (AvgIpc) is 2.79. The first-order valence-electron chi connectivity index (χ1n) is 11.3. The van der Waals surface area contributed by atoms with E-state index in [4.69, 9.17) is 4.74 Å². The van der Waals surface area contributed by atoms with E-state index in [-0.39, 0.29) is 23.9 Å². The molecule has 2 aliphatic rings. The Morgan fingerprint density at radius 2 is 1.84 bits per heavy atom. The summed E-state index contributed by atoms with van der Waals surface area (Å²) < 4.78 is 6.41. The van der Waals surface area contributed by atoms with Crippen LogP contribution in [0.1, 0.15) is 77.5 Å². The van der Waals surface area contributed by atoms with E-state index in [0.29, 0.717) is 31.6 Å². The third kappa shape index (κ3) is 5.18. The summed E-state index contributed by atoms with van der Waals surface area (Å²) in [4.78, 5) is 34.8. The van der Waals surface area contributed by atoms with Crippen molar-refractivity contribution < 1.29 is 14.3 Å². The zero-order chi connectivity index (χ0) is 21.8. The molecule has 2 aromatic rings. The molecule has 31 heavy (non-hydrogen) atoms. The van der Waals surface area contributed by atoms with Gasteiger partial charge in [-0.05, 0) is 51.5 Å². The number of aromatic nitrogens is 2. The molecule has 0 spiro atoms. The monoisotopic (exact) mass is 421 g/mol. The number of ketones is 1.